The molecule has 0 aromatic heterocycles. The average molecular weight is 254 g/mol. The zero-order valence-corrected chi connectivity index (χ0v) is 11.7. The molecule has 0 spiro atoms. The second-order valence-corrected chi connectivity index (χ2v) is 6.20. The third-order valence-electron chi connectivity index (χ3n) is 4.61. The smallest absolute Gasteiger partial charge is 0.242 e. The van der Waals surface area contributed by atoms with E-state index in [1.165, 1.54) is 6.42 Å². The Bertz CT molecular complexity index is 313. The van der Waals surface area contributed by atoms with Crippen molar-refractivity contribution in [3.8, 4) is 0 Å². The van der Waals surface area contributed by atoms with E-state index in [2.05, 4.69) is 6.92 Å². The fourth-order valence-electron chi connectivity index (χ4n) is 3.26. The van der Waals surface area contributed by atoms with Crippen LogP contribution in [0.5, 0.6) is 0 Å². The van der Waals surface area contributed by atoms with E-state index in [1.807, 2.05) is 4.90 Å². The molecule has 2 fully saturated rings. The van der Waals surface area contributed by atoms with Gasteiger partial charge < -0.3 is 15.4 Å². The van der Waals surface area contributed by atoms with Crippen molar-refractivity contribution in [2.45, 2.75) is 63.0 Å². The first kappa shape index (κ1) is 13.8. The summed E-state index contributed by atoms with van der Waals surface area (Å²) < 4.78 is 5.54. The fraction of sp³-hybridized carbons (Fsp3) is 0.929. The van der Waals surface area contributed by atoms with E-state index < -0.39 is 5.54 Å². The van der Waals surface area contributed by atoms with Gasteiger partial charge in [-0.3, -0.25) is 4.79 Å². The third kappa shape index (κ3) is 2.69. The van der Waals surface area contributed by atoms with Crippen molar-refractivity contribution in [2.24, 2.45) is 5.73 Å². The number of rotatable bonds is 2. The number of nitrogens with two attached hydrogens (primary N) is 1. The molecule has 1 amide bonds. The van der Waals surface area contributed by atoms with Crippen molar-refractivity contribution in [1.29, 1.82) is 0 Å². The molecule has 4 nitrogen and oxygen atoms in total. The van der Waals surface area contributed by atoms with E-state index in [-0.39, 0.29) is 11.5 Å². The number of carbonyl (C=O) groups excluding carboxylic acids is 1. The SMILES string of the molecule is COC1(C)CCCN(C(=O)C2(N)CCCCC2)C1. The van der Waals surface area contributed by atoms with E-state index in [0.29, 0.717) is 6.54 Å². The van der Waals surface area contributed by atoms with Crippen LogP contribution in [-0.2, 0) is 9.53 Å². The summed E-state index contributed by atoms with van der Waals surface area (Å²) in [5.41, 5.74) is 5.53. The zero-order valence-electron chi connectivity index (χ0n) is 11.7. The minimum absolute atomic E-state index is 0.144. The van der Waals surface area contributed by atoms with Gasteiger partial charge in [-0.05, 0) is 32.6 Å². The molecule has 1 saturated carbocycles. The molecule has 1 aliphatic carbocycles. The summed E-state index contributed by atoms with van der Waals surface area (Å²) >= 11 is 0. The van der Waals surface area contributed by atoms with Gasteiger partial charge in [0, 0.05) is 20.2 Å². The Balaban J connectivity index is 2.04. The number of hydrogen-bond donors (Lipinski definition) is 1. The molecule has 1 atom stereocenters. The molecule has 1 unspecified atom stereocenters. The predicted octanol–water partition coefficient (Wildman–Crippen LogP) is 1.68. The molecule has 2 aliphatic rings. The topological polar surface area (TPSA) is 55.6 Å². The van der Waals surface area contributed by atoms with Crippen LogP contribution in [0, 0.1) is 0 Å². The third-order valence-corrected chi connectivity index (χ3v) is 4.61. The molecule has 0 aromatic carbocycles. The number of methoxy groups -OCH3 is 1. The number of ether oxygens (including phenoxy) is 1. The van der Waals surface area contributed by atoms with Crippen LogP contribution in [0.15, 0.2) is 0 Å². The first-order chi connectivity index (χ1) is 8.49. The van der Waals surface area contributed by atoms with Crippen LogP contribution < -0.4 is 5.73 Å². The first-order valence-electron chi connectivity index (χ1n) is 7.13. The lowest BCUT2D eigenvalue weighted by Gasteiger charge is -2.43. The molecule has 1 aliphatic heterocycles. The molecule has 0 radical (unpaired) electrons. The van der Waals surface area contributed by atoms with Gasteiger partial charge in [0.15, 0.2) is 0 Å². The Kier molecular flexibility index (Phi) is 3.97. The molecule has 0 bridgehead atoms. The Morgan fingerprint density at radius 1 is 1.17 bits per heavy atom. The maximum atomic E-state index is 12.6. The molecular formula is C14H26N2O2. The molecule has 2 rings (SSSR count). The van der Waals surface area contributed by atoms with Crippen molar-refractivity contribution < 1.29 is 9.53 Å². The molecule has 0 aromatic rings. The molecule has 18 heavy (non-hydrogen) atoms. The molecule has 104 valence electrons. The van der Waals surface area contributed by atoms with Crippen molar-refractivity contribution in [3.05, 3.63) is 0 Å². The van der Waals surface area contributed by atoms with Crippen LogP contribution in [0.1, 0.15) is 51.9 Å². The Hall–Kier alpha value is -0.610. The molecule has 2 N–H and O–H groups in total. The van der Waals surface area contributed by atoms with E-state index in [0.717, 1.165) is 45.1 Å². The fourth-order valence-corrected chi connectivity index (χ4v) is 3.26. The van der Waals surface area contributed by atoms with Gasteiger partial charge in [-0.2, -0.15) is 0 Å². The van der Waals surface area contributed by atoms with E-state index in [9.17, 15) is 4.79 Å². The standard InChI is InChI=1S/C14H26N2O2/c1-13(18-2)7-6-10-16(11-13)12(17)14(15)8-4-3-5-9-14/h3-11,15H2,1-2H3. The molecular weight excluding hydrogens is 228 g/mol. The number of carbonyl (C=O) groups is 1. The van der Waals surface area contributed by atoms with Crippen LogP contribution in [0.25, 0.3) is 0 Å². The maximum absolute atomic E-state index is 12.6. The maximum Gasteiger partial charge on any atom is 0.242 e. The highest BCUT2D eigenvalue weighted by Gasteiger charge is 2.42. The summed E-state index contributed by atoms with van der Waals surface area (Å²) in [5, 5.41) is 0. The van der Waals surface area contributed by atoms with Crippen molar-refractivity contribution in [2.75, 3.05) is 20.2 Å². The van der Waals surface area contributed by atoms with Crippen LogP contribution in [0.4, 0.5) is 0 Å². The zero-order chi connectivity index (χ0) is 13.2. The van der Waals surface area contributed by atoms with E-state index in [4.69, 9.17) is 10.5 Å². The summed E-state index contributed by atoms with van der Waals surface area (Å²) in [6.45, 7) is 3.59. The first-order valence-corrected chi connectivity index (χ1v) is 7.13. The lowest BCUT2D eigenvalue weighted by molar-refractivity contribution is -0.146. The highest BCUT2D eigenvalue weighted by Crippen LogP contribution is 2.31. The number of hydrogen-bond acceptors (Lipinski definition) is 3. The number of likely N-dealkylation sites (tertiary alicyclic amines) is 1. The normalized spacial score (nSPS) is 32.3. The molecule has 1 saturated heterocycles. The number of amides is 1. The summed E-state index contributed by atoms with van der Waals surface area (Å²) in [6.07, 6.45) is 7.08. The van der Waals surface area contributed by atoms with Gasteiger partial charge in [-0.1, -0.05) is 19.3 Å². The second-order valence-electron chi connectivity index (χ2n) is 6.20. The Morgan fingerprint density at radius 3 is 2.44 bits per heavy atom. The van der Waals surface area contributed by atoms with Gasteiger partial charge in [-0.25, -0.2) is 0 Å². The molecule has 1 heterocycles. The van der Waals surface area contributed by atoms with Gasteiger partial charge in [-0.15, -0.1) is 0 Å². The van der Waals surface area contributed by atoms with Crippen LogP contribution in [0.2, 0.25) is 0 Å². The highest BCUT2D eigenvalue weighted by atomic mass is 16.5. The second kappa shape index (κ2) is 5.17. The molecule has 4 heteroatoms. The van der Waals surface area contributed by atoms with Crippen LogP contribution >= 0.6 is 0 Å². The summed E-state index contributed by atoms with van der Waals surface area (Å²) in [4.78, 5) is 14.6. The summed E-state index contributed by atoms with van der Waals surface area (Å²) in [5.74, 6) is 0.144. The highest BCUT2D eigenvalue weighted by molar-refractivity contribution is 5.86. The summed E-state index contributed by atoms with van der Waals surface area (Å²) in [6, 6.07) is 0. The van der Waals surface area contributed by atoms with Crippen LogP contribution in [-0.4, -0.2) is 42.1 Å². The largest absolute Gasteiger partial charge is 0.377 e. The van der Waals surface area contributed by atoms with Crippen molar-refractivity contribution in [3.63, 3.8) is 0 Å². The number of nitrogens with zero attached hydrogens (tertiary/aromatic N) is 1. The minimum Gasteiger partial charge on any atom is -0.377 e. The number of piperidine rings is 1. The van der Waals surface area contributed by atoms with Gasteiger partial charge in [0.2, 0.25) is 5.91 Å². The lowest BCUT2D eigenvalue weighted by atomic mass is 9.80. The van der Waals surface area contributed by atoms with Gasteiger partial charge in [0.05, 0.1) is 11.1 Å². The Labute approximate surface area is 110 Å². The van der Waals surface area contributed by atoms with Crippen LogP contribution in [0.3, 0.4) is 0 Å². The van der Waals surface area contributed by atoms with Gasteiger partial charge in [0.1, 0.15) is 0 Å². The predicted molar refractivity (Wildman–Crippen MR) is 71.2 cm³/mol. The van der Waals surface area contributed by atoms with Crippen molar-refractivity contribution in [1.82, 2.24) is 4.90 Å². The van der Waals surface area contributed by atoms with E-state index >= 15 is 0 Å². The minimum atomic E-state index is -0.607. The van der Waals surface area contributed by atoms with E-state index in [1.54, 1.807) is 7.11 Å². The summed E-state index contributed by atoms with van der Waals surface area (Å²) in [7, 11) is 1.73. The van der Waals surface area contributed by atoms with Gasteiger partial charge in [0.25, 0.3) is 0 Å². The van der Waals surface area contributed by atoms with Crippen molar-refractivity contribution >= 4 is 5.91 Å². The Morgan fingerprint density at radius 2 is 1.83 bits per heavy atom. The average Bonchev–Trinajstić information content (AvgIpc) is 2.39. The monoisotopic (exact) mass is 254 g/mol. The van der Waals surface area contributed by atoms with Gasteiger partial charge >= 0.3 is 0 Å². The lowest BCUT2D eigenvalue weighted by Crippen LogP contribution is -2.60. The quantitative estimate of drug-likeness (QED) is 0.815.